The number of hydrogen-bond acceptors (Lipinski definition) is 2. The Bertz CT molecular complexity index is 1190. The minimum atomic E-state index is -0.750. The quantitative estimate of drug-likeness (QED) is 0.295. The van der Waals surface area contributed by atoms with Crippen LogP contribution in [0.5, 0.6) is 0 Å². The van der Waals surface area contributed by atoms with Gasteiger partial charge in [-0.15, -0.1) is 0 Å². The normalized spacial score (nSPS) is 30.3. The average molecular weight is 537 g/mol. The van der Waals surface area contributed by atoms with Gasteiger partial charge in [-0.25, -0.2) is 4.90 Å². The Morgan fingerprint density at radius 1 is 0.710 bits per heavy atom. The van der Waals surface area contributed by atoms with Crippen molar-refractivity contribution in [2.24, 2.45) is 11.8 Å². The summed E-state index contributed by atoms with van der Waals surface area (Å²) in [6.07, 6.45) is 0. The molecule has 31 heavy (non-hydrogen) atoms. The van der Waals surface area contributed by atoms with E-state index < -0.39 is 20.5 Å². The van der Waals surface area contributed by atoms with E-state index in [-0.39, 0.29) is 11.8 Å². The fourth-order valence-electron chi connectivity index (χ4n) is 5.86. The average Bonchev–Trinajstić information content (AvgIpc) is 3.05. The molecule has 7 rings (SSSR count). The highest BCUT2D eigenvalue weighted by Gasteiger charge is 2.72. The Kier molecular flexibility index (Phi) is 3.87. The Morgan fingerprint density at radius 2 is 1.13 bits per heavy atom. The fraction of sp³-hybridized carbons (Fsp3) is 0.231. The lowest BCUT2D eigenvalue weighted by Crippen LogP contribution is -2.56. The molecule has 3 aromatic rings. The number of imide groups is 1. The standard InChI is InChI=1S/C26H19Br2NO2/c1-14-11-12-15(2)20(13-14)29-23(30)21-22(24(29)31)26(28)17-8-4-3-7-16(17)25(21,27)18-9-5-6-10-19(18)26/h3-13,21-22H,1-2H3/t21-,22-,25?,26?/m0/s1. The predicted molar refractivity (Wildman–Crippen MR) is 128 cm³/mol. The molecule has 2 bridgehead atoms. The number of amides is 2. The van der Waals surface area contributed by atoms with E-state index >= 15 is 0 Å². The lowest BCUT2D eigenvalue weighted by Gasteiger charge is -2.55. The number of aryl methyl sites for hydroxylation is 2. The first-order valence-corrected chi connectivity index (χ1v) is 11.9. The number of carbonyl (C=O) groups is 2. The molecule has 154 valence electrons. The molecule has 3 aliphatic carbocycles. The van der Waals surface area contributed by atoms with Crippen LogP contribution < -0.4 is 4.90 Å². The Hall–Kier alpha value is -2.24. The van der Waals surface area contributed by atoms with Crippen molar-refractivity contribution >= 4 is 49.4 Å². The number of alkyl halides is 2. The van der Waals surface area contributed by atoms with E-state index in [0.29, 0.717) is 5.69 Å². The van der Waals surface area contributed by atoms with Gasteiger partial charge in [0.15, 0.2) is 0 Å². The molecule has 0 N–H and O–H groups in total. The number of carbonyl (C=O) groups excluding carboxylic acids is 2. The molecule has 5 heteroatoms. The molecule has 2 atom stereocenters. The van der Waals surface area contributed by atoms with Gasteiger partial charge in [0.2, 0.25) is 11.8 Å². The number of nitrogens with zero attached hydrogens (tertiary/aromatic N) is 1. The third-order valence-electron chi connectivity index (χ3n) is 7.19. The summed E-state index contributed by atoms with van der Waals surface area (Å²) in [5.74, 6) is -1.37. The van der Waals surface area contributed by atoms with E-state index in [1.54, 1.807) is 0 Å². The smallest absolute Gasteiger partial charge is 0.239 e. The van der Waals surface area contributed by atoms with E-state index in [1.165, 1.54) is 4.90 Å². The van der Waals surface area contributed by atoms with Crippen LogP contribution in [0.3, 0.4) is 0 Å². The minimum Gasteiger partial charge on any atom is -0.274 e. The van der Waals surface area contributed by atoms with E-state index in [2.05, 4.69) is 56.1 Å². The maximum atomic E-state index is 14.0. The molecule has 3 aromatic carbocycles. The summed E-state index contributed by atoms with van der Waals surface area (Å²) in [6.45, 7) is 3.93. The van der Waals surface area contributed by atoms with Crippen molar-refractivity contribution in [3.8, 4) is 0 Å². The van der Waals surface area contributed by atoms with Crippen LogP contribution in [0, 0.1) is 25.7 Å². The van der Waals surface area contributed by atoms with Gasteiger partial charge in [0, 0.05) is 0 Å². The summed E-state index contributed by atoms with van der Waals surface area (Å²) in [5.41, 5.74) is 6.83. The number of hydrogen-bond donors (Lipinski definition) is 0. The van der Waals surface area contributed by atoms with Crippen molar-refractivity contribution < 1.29 is 9.59 Å². The summed E-state index contributed by atoms with van der Waals surface area (Å²) in [7, 11) is 0. The van der Waals surface area contributed by atoms with Crippen molar-refractivity contribution in [2.45, 2.75) is 22.5 Å². The topological polar surface area (TPSA) is 37.4 Å². The molecule has 0 saturated carbocycles. The van der Waals surface area contributed by atoms with E-state index in [0.717, 1.165) is 33.4 Å². The van der Waals surface area contributed by atoms with Crippen LogP contribution in [0.25, 0.3) is 0 Å². The number of halogens is 2. The molecule has 2 amide bonds. The number of benzene rings is 3. The van der Waals surface area contributed by atoms with Gasteiger partial charge in [-0.3, -0.25) is 9.59 Å². The summed E-state index contributed by atoms with van der Waals surface area (Å²) < 4.78 is -1.50. The lowest BCUT2D eigenvalue weighted by molar-refractivity contribution is -0.122. The summed E-state index contributed by atoms with van der Waals surface area (Å²) in [5, 5.41) is 0. The molecule has 3 nitrogen and oxygen atoms in total. The largest absolute Gasteiger partial charge is 0.274 e. The monoisotopic (exact) mass is 535 g/mol. The van der Waals surface area contributed by atoms with Gasteiger partial charge in [-0.1, -0.05) is 92.5 Å². The zero-order valence-corrected chi connectivity index (χ0v) is 20.2. The van der Waals surface area contributed by atoms with Crippen LogP contribution in [-0.2, 0) is 18.2 Å². The number of anilines is 1. The second-order valence-electron chi connectivity index (χ2n) is 8.77. The van der Waals surface area contributed by atoms with Crippen molar-refractivity contribution in [3.63, 3.8) is 0 Å². The molecule has 1 heterocycles. The zero-order chi connectivity index (χ0) is 21.7. The number of rotatable bonds is 1. The highest BCUT2D eigenvalue weighted by molar-refractivity contribution is 9.10. The Labute approximate surface area is 197 Å². The third-order valence-corrected chi connectivity index (χ3v) is 9.89. The predicted octanol–water partition coefficient (Wildman–Crippen LogP) is 5.71. The van der Waals surface area contributed by atoms with Crippen molar-refractivity contribution in [1.82, 2.24) is 0 Å². The SMILES string of the molecule is Cc1ccc(C)c(N2C(=O)[C@@H]3[C@@H](C2=O)C2(Br)c4ccccc4C3(Br)c3ccccc32)c1. The zero-order valence-electron chi connectivity index (χ0n) is 17.0. The van der Waals surface area contributed by atoms with Crippen LogP contribution in [0.1, 0.15) is 33.4 Å². The van der Waals surface area contributed by atoms with E-state index in [1.807, 2.05) is 56.3 Å². The molecule has 4 aliphatic rings. The maximum absolute atomic E-state index is 14.0. The van der Waals surface area contributed by atoms with Gasteiger partial charge in [-0.05, 0) is 53.3 Å². The highest BCUT2D eigenvalue weighted by Crippen LogP contribution is 2.70. The maximum Gasteiger partial charge on any atom is 0.239 e. The van der Waals surface area contributed by atoms with Crippen LogP contribution in [0.15, 0.2) is 66.7 Å². The molecule has 0 radical (unpaired) electrons. The molecule has 0 aromatic heterocycles. The van der Waals surface area contributed by atoms with Gasteiger partial charge in [0.05, 0.1) is 26.2 Å². The van der Waals surface area contributed by atoms with Crippen LogP contribution >= 0.6 is 31.9 Å². The summed E-state index contributed by atoms with van der Waals surface area (Å²) >= 11 is 8.08. The van der Waals surface area contributed by atoms with Gasteiger partial charge < -0.3 is 0 Å². The van der Waals surface area contributed by atoms with Crippen molar-refractivity contribution in [1.29, 1.82) is 0 Å². The van der Waals surface area contributed by atoms with Gasteiger partial charge >= 0.3 is 0 Å². The molecule has 1 aliphatic heterocycles. The molecular weight excluding hydrogens is 518 g/mol. The Morgan fingerprint density at radius 3 is 1.55 bits per heavy atom. The highest BCUT2D eigenvalue weighted by atomic mass is 79.9. The second-order valence-corrected chi connectivity index (χ2v) is 11.3. The fourth-order valence-corrected chi connectivity index (χ4v) is 8.17. The molecule has 0 spiro atoms. The minimum absolute atomic E-state index is 0.145. The first-order chi connectivity index (χ1) is 14.8. The first-order valence-electron chi connectivity index (χ1n) is 10.3. The summed E-state index contributed by atoms with van der Waals surface area (Å²) in [4.78, 5) is 29.5. The molecule has 0 unspecified atom stereocenters. The lowest BCUT2D eigenvalue weighted by atomic mass is 9.54. The second kappa shape index (κ2) is 6.17. The molecule has 1 saturated heterocycles. The Balaban J connectivity index is 1.67. The third kappa shape index (κ3) is 2.14. The van der Waals surface area contributed by atoms with E-state index in [4.69, 9.17) is 0 Å². The van der Waals surface area contributed by atoms with Crippen molar-refractivity contribution in [3.05, 3.63) is 100 Å². The molecule has 1 fully saturated rings. The van der Waals surface area contributed by atoms with E-state index in [9.17, 15) is 9.59 Å². The first kappa shape index (κ1) is 19.4. The van der Waals surface area contributed by atoms with Gasteiger partial charge in [0.25, 0.3) is 0 Å². The van der Waals surface area contributed by atoms with Crippen LogP contribution in [-0.4, -0.2) is 11.8 Å². The van der Waals surface area contributed by atoms with Gasteiger partial charge in [-0.2, -0.15) is 0 Å². The van der Waals surface area contributed by atoms with Crippen molar-refractivity contribution in [2.75, 3.05) is 4.90 Å². The molecular formula is C26H19Br2NO2. The van der Waals surface area contributed by atoms with Crippen LogP contribution in [0.2, 0.25) is 0 Å². The van der Waals surface area contributed by atoms with Gasteiger partial charge in [0.1, 0.15) is 0 Å². The summed E-state index contributed by atoms with van der Waals surface area (Å²) in [6, 6.07) is 22.2. The van der Waals surface area contributed by atoms with Crippen LogP contribution in [0.4, 0.5) is 5.69 Å².